The Labute approximate surface area is 137 Å². The van der Waals surface area contributed by atoms with Crippen molar-refractivity contribution in [2.45, 2.75) is 0 Å². The monoisotopic (exact) mass is 335 g/mol. The van der Waals surface area contributed by atoms with Crippen LogP contribution in [0.1, 0.15) is 10.4 Å². The highest BCUT2D eigenvalue weighted by Gasteiger charge is 2.17. The number of carbonyl (C=O) groups excluding carboxylic acids is 2. The van der Waals surface area contributed by atoms with E-state index in [1.807, 2.05) is 0 Å². The lowest BCUT2D eigenvalue weighted by atomic mass is 10.2. The van der Waals surface area contributed by atoms with Crippen LogP contribution in [-0.4, -0.2) is 30.7 Å². The molecule has 2 aromatic rings. The summed E-state index contributed by atoms with van der Waals surface area (Å²) in [5.74, 6) is -1.55. The van der Waals surface area contributed by atoms with Gasteiger partial charge < -0.3 is 19.9 Å². The molecule has 0 saturated heterocycles. The molecule has 6 nitrogen and oxygen atoms in total. The first-order chi connectivity index (χ1) is 11.0. The zero-order valence-corrected chi connectivity index (χ0v) is 13.0. The molecule has 120 valence electrons. The summed E-state index contributed by atoms with van der Waals surface area (Å²) in [7, 11) is 1.36. The lowest BCUT2D eigenvalue weighted by Crippen LogP contribution is -2.21. The first kappa shape index (κ1) is 16.6. The molecule has 7 heteroatoms. The number of methoxy groups -OCH3 is 1. The summed E-state index contributed by atoms with van der Waals surface area (Å²) in [6.07, 6.45) is 0. The summed E-state index contributed by atoms with van der Waals surface area (Å²) in [6, 6.07) is 11.0. The summed E-state index contributed by atoms with van der Waals surface area (Å²) >= 11 is 5.81. The Morgan fingerprint density at radius 2 is 1.96 bits per heavy atom. The van der Waals surface area contributed by atoms with E-state index in [0.717, 1.165) is 0 Å². The largest absolute Gasteiger partial charge is 0.504 e. The number of benzene rings is 2. The Kier molecular flexibility index (Phi) is 5.43. The van der Waals surface area contributed by atoms with Crippen molar-refractivity contribution in [3.05, 3.63) is 53.1 Å². The third-order valence-corrected chi connectivity index (χ3v) is 3.12. The maximum Gasteiger partial charge on any atom is 0.342 e. The van der Waals surface area contributed by atoms with Crippen LogP contribution in [0.15, 0.2) is 42.5 Å². The molecule has 0 heterocycles. The van der Waals surface area contributed by atoms with Gasteiger partial charge in [-0.25, -0.2) is 4.79 Å². The molecular formula is C16H14ClNO5. The van der Waals surface area contributed by atoms with Crippen LogP contribution in [-0.2, 0) is 9.53 Å². The predicted octanol–water partition coefficient (Wildman–Crippen LogP) is 2.85. The molecule has 0 bridgehead atoms. The highest BCUT2D eigenvalue weighted by atomic mass is 35.5. The Morgan fingerprint density at radius 3 is 2.65 bits per heavy atom. The lowest BCUT2D eigenvalue weighted by Gasteiger charge is -2.09. The highest BCUT2D eigenvalue weighted by Crippen LogP contribution is 2.29. The van der Waals surface area contributed by atoms with Gasteiger partial charge in [0.25, 0.3) is 5.91 Å². The molecule has 0 radical (unpaired) electrons. The van der Waals surface area contributed by atoms with Crippen LogP contribution in [0.2, 0.25) is 5.02 Å². The van der Waals surface area contributed by atoms with Crippen molar-refractivity contribution in [1.29, 1.82) is 0 Å². The Morgan fingerprint density at radius 1 is 1.22 bits per heavy atom. The van der Waals surface area contributed by atoms with Gasteiger partial charge in [-0.2, -0.15) is 0 Å². The van der Waals surface area contributed by atoms with Crippen LogP contribution >= 0.6 is 11.6 Å². The summed E-state index contributed by atoms with van der Waals surface area (Å²) in [5, 5.41) is 12.9. The average molecular weight is 336 g/mol. The number of hydrogen-bond donors (Lipinski definition) is 2. The first-order valence-electron chi connectivity index (χ1n) is 6.59. The van der Waals surface area contributed by atoms with E-state index in [1.54, 1.807) is 24.3 Å². The fourth-order valence-corrected chi connectivity index (χ4v) is 2.01. The molecule has 0 aliphatic rings. The Bertz CT molecular complexity index is 732. The van der Waals surface area contributed by atoms with E-state index in [2.05, 4.69) is 5.32 Å². The first-order valence-corrected chi connectivity index (χ1v) is 6.97. The van der Waals surface area contributed by atoms with E-state index in [4.69, 9.17) is 21.1 Å². The predicted molar refractivity (Wildman–Crippen MR) is 85.0 cm³/mol. The highest BCUT2D eigenvalue weighted by molar-refractivity contribution is 6.30. The Balaban J connectivity index is 1.95. The van der Waals surface area contributed by atoms with E-state index in [9.17, 15) is 14.7 Å². The van der Waals surface area contributed by atoms with Gasteiger partial charge in [-0.3, -0.25) is 4.79 Å². The van der Waals surface area contributed by atoms with Gasteiger partial charge in [0.15, 0.2) is 18.1 Å². The summed E-state index contributed by atoms with van der Waals surface area (Å²) in [5.41, 5.74) is 0.405. The molecule has 0 unspecified atom stereocenters. The van der Waals surface area contributed by atoms with Gasteiger partial charge in [0.2, 0.25) is 0 Å². The van der Waals surface area contributed by atoms with Crippen LogP contribution in [0, 0.1) is 0 Å². The van der Waals surface area contributed by atoms with Crippen molar-refractivity contribution in [2.75, 3.05) is 19.0 Å². The second-order valence-electron chi connectivity index (χ2n) is 4.49. The van der Waals surface area contributed by atoms with Gasteiger partial charge in [0, 0.05) is 10.7 Å². The molecule has 1 amide bonds. The molecule has 2 rings (SSSR count). The van der Waals surface area contributed by atoms with Crippen molar-refractivity contribution in [2.24, 2.45) is 0 Å². The van der Waals surface area contributed by atoms with Crippen molar-refractivity contribution in [3.63, 3.8) is 0 Å². The number of nitrogens with one attached hydrogen (secondary N) is 1. The number of hydrogen-bond acceptors (Lipinski definition) is 5. The number of rotatable bonds is 5. The van der Waals surface area contributed by atoms with E-state index in [0.29, 0.717) is 10.7 Å². The van der Waals surface area contributed by atoms with Crippen LogP contribution in [0.25, 0.3) is 0 Å². The van der Waals surface area contributed by atoms with E-state index in [-0.39, 0.29) is 17.1 Å². The zero-order valence-electron chi connectivity index (χ0n) is 12.2. The molecule has 0 spiro atoms. The van der Waals surface area contributed by atoms with Gasteiger partial charge in [0.1, 0.15) is 5.56 Å². The van der Waals surface area contributed by atoms with Crippen molar-refractivity contribution >= 4 is 29.2 Å². The fraction of sp³-hybridized carbons (Fsp3) is 0.125. The number of anilines is 1. The minimum atomic E-state index is -0.831. The number of esters is 1. The van der Waals surface area contributed by atoms with Crippen LogP contribution in [0.4, 0.5) is 5.69 Å². The molecule has 0 aromatic heterocycles. The number of carbonyl (C=O) groups is 2. The second kappa shape index (κ2) is 7.51. The van der Waals surface area contributed by atoms with Crippen molar-refractivity contribution in [1.82, 2.24) is 0 Å². The van der Waals surface area contributed by atoms with Crippen molar-refractivity contribution in [3.8, 4) is 11.5 Å². The maximum atomic E-state index is 11.9. The molecule has 0 aliphatic heterocycles. The maximum absolute atomic E-state index is 11.9. The number of halogens is 1. The van der Waals surface area contributed by atoms with E-state index < -0.39 is 18.5 Å². The number of ether oxygens (including phenoxy) is 2. The molecule has 0 fully saturated rings. The molecule has 0 atom stereocenters. The van der Waals surface area contributed by atoms with Gasteiger partial charge in [-0.1, -0.05) is 23.7 Å². The molecule has 0 saturated carbocycles. The standard InChI is InChI=1S/C16H14ClNO5/c1-22-13-7-3-6-12(15(13)20)16(21)23-9-14(19)18-11-5-2-4-10(17)8-11/h2-8,20H,9H2,1H3,(H,18,19). The van der Waals surface area contributed by atoms with Gasteiger partial charge in [-0.05, 0) is 30.3 Å². The molecule has 2 N–H and O–H groups in total. The van der Waals surface area contributed by atoms with Crippen LogP contribution < -0.4 is 10.1 Å². The van der Waals surface area contributed by atoms with Gasteiger partial charge in [-0.15, -0.1) is 0 Å². The Hall–Kier alpha value is -2.73. The minimum Gasteiger partial charge on any atom is -0.504 e. The smallest absolute Gasteiger partial charge is 0.342 e. The van der Waals surface area contributed by atoms with E-state index >= 15 is 0 Å². The SMILES string of the molecule is COc1cccc(C(=O)OCC(=O)Nc2cccc(Cl)c2)c1O. The minimum absolute atomic E-state index is 0.0834. The van der Waals surface area contributed by atoms with Gasteiger partial charge >= 0.3 is 5.97 Å². The van der Waals surface area contributed by atoms with E-state index in [1.165, 1.54) is 25.3 Å². The summed E-state index contributed by atoms with van der Waals surface area (Å²) in [6.45, 7) is -0.498. The zero-order chi connectivity index (χ0) is 16.8. The van der Waals surface area contributed by atoms with Crippen LogP contribution in [0.3, 0.4) is 0 Å². The molecule has 0 aliphatic carbocycles. The fourth-order valence-electron chi connectivity index (χ4n) is 1.82. The van der Waals surface area contributed by atoms with Crippen molar-refractivity contribution < 1.29 is 24.2 Å². The summed E-state index contributed by atoms with van der Waals surface area (Å²) in [4.78, 5) is 23.7. The number of phenols is 1. The third kappa shape index (κ3) is 4.37. The number of amides is 1. The average Bonchev–Trinajstić information content (AvgIpc) is 2.53. The number of phenolic OH excluding ortho intramolecular Hbond substituents is 1. The molecule has 23 heavy (non-hydrogen) atoms. The number of aromatic hydroxyl groups is 1. The third-order valence-electron chi connectivity index (χ3n) is 2.88. The quantitative estimate of drug-likeness (QED) is 0.821. The topological polar surface area (TPSA) is 84.9 Å². The van der Waals surface area contributed by atoms with Gasteiger partial charge in [0.05, 0.1) is 7.11 Å². The van der Waals surface area contributed by atoms with Crippen LogP contribution in [0.5, 0.6) is 11.5 Å². The second-order valence-corrected chi connectivity index (χ2v) is 4.93. The number of para-hydroxylation sites is 1. The molecule has 2 aromatic carbocycles. The summed E-state index contributed by atoms with van der Waals surface area (Å²) < 4.78 is 9.78. The normalized spacial score (nSPS) is 10.0. The molecular weight excluding hydrogens is 322 g/mol. The lowest BCUT2D eigenvalue weighted by molar-refractivity contribution is -0.119.